The van der Waals surface area contributed by atoms with Crippen molar-refractivity contribution in [2.24, 2.45) is 0 Å². The topological polar surface area (TPSA) is 179 Å². The van der Waals surface area contributed by atoms with Crippen molar-refractivity contribution in [3.8, 4) is 64.1 Å². The number of hydrogen-bond acceptors (Lipinski definition) is 14. The molecule has 0 fully saturated rings. The number of para-hydroxylation sites is 2. The van der Waals surface area contributed by atoms with E-state index in [9.17, 15) is 8.42 Å². The highest BCUT2D eigenvalue weighted by Crippen LogP contribution is 2.41. The Balaban J connectivity index is 1.49. The highest BCUT2D eigenvalue weighted by atomic mass is 32.2. The van der Waals surface area contributed by atoms with Crippen LogP contribution in [-0.2, 0) is 10.0 Å². The predicted molar refractivity (Wildman–Crippen MR) is 172 cm³/mol. The lowest BCUT2D eigenvalue weighted by molar-refractivity contribution is 0.307. The fourth-order valence-corrected chi connectivity index (χ4v) is 4.83. The third-order valence-electron chi connectivity index (χ3n) is 6.20. The molecule has 4 aromatic heterocycles. The van der Waals surface area contributed by atoms with Gasteiger partial charge in [-0.05, 0) is 42.8 Å². The summed E-state index contributed by atoms with van der Waals surface area (Å²) in [5.41, 5.74) is 1.31. The van der Waals surface area contributed by atoms with Crippen LogP contribution in [0.25, 0.3) is 11.4 Å². The quantitative estimate of drug-likeness (QED) is 0.177. The molecule has 0 aliphatic rings. The number of hydrogen-bond donors (Lipinski definition) is 1. The van der Waals surface area contributed by atoms with Gasteiger partial charge in [0, 0.05) is 24.2 Å². The Kier molecular flexibility index (Phi) is 10.6. The Morgan fingerprint density at radius 2 is 1.48 bits per heavy atom. The molecule has 0 spiro atoms. The summed E-state index contributed by atoms with van der Waals surface area (Å²) >= 11 is 0. The smallest absolute Gasteiger partial charge is 0.324 e. The van der Waals surface area contributed by atoms with Crippen LogP contribution in [0.15, 0.2) is 78.2 Å². The number of aromatic nitrogens is 6. The first-order valence-electron chi connectivity index (χ1n) is 14.1. The molecule has 4 heterocycles. The Hall–Kier alpha value is -6.21. The average molecular weight is 672 g/mol. The van der Waals surface area contributed by atoms with Crippen molar-refractivity contribution < 1.29 is 36.8 Å². The number of aryl methyl sites for hydroxylation is 1. The summed E-state index contributed by atoms with van der Waals surface area (Å²) in [6.45, 7) is 1.50. The molecule has 0 unspecified atom stereocenters. The van der Waals surface area contributed by atoms with E-state index >= 15 is 0 Å². The van der Waals surface area contributed by atoms with Crippen LogP contribution >= 0.6 is 0 Å². The number of ether oxygens (including phenoxy) is 6. The van der Waals surface area contributed by atoms with Gasteiger partial charge in [0.15, 0.2) is 41.4 Å². The second kappa shape index (κ2) is 15.4. The summed E-state index contributed by atoms with van der Waals surface area (Å²) in [6, 6.07) is 14.6. The van der Waals surface area contributed by atoms with E-state index in [0.29, 0.717) is 11.3 Å². The van der Waals surface area contributed by atoms with E-state index in [1.807, 2.05) is 0 Å². The van der Waals surface area contributed by atoms with Gasteiger partial charge >= 0.3 is 6.01 Å². The van der Waals surface area contributed by atoms with Gasteiger partial charge in [0.2, 0.25) is 17.5 Å². The van der Waals surface area contributed by atoms with Crippen molar-refractivity contribution in [3.05, 3.63) is 78.8 Å². The molecule has 5 aromatic rings. The molecule has 5 rings (SSSR count). The average Bonchev–Trinajstić information content (AvgIpc) is 3.11. The highest BCUT2D eigenvalue weighted by molar-refractivity contribution is 7.92. The van der Waals surface area contributed by atoms with E-state index in [4.69, 9.17) is 28.4 Å². The second-order valence-corrected chi connectivity index (χ2v) is 11.1. The van der Waals surface area contributed by atoms with Gasteiger partial charge < -0.3 is 28.4 Å². The van der Waals surface area contributed by atoms with Crippen LogP contribution in [0.3, 0.4) is 0 Å². The van der Waals surface area contributed by atoms with Gasteiger partial charge in [-0.25, -0.2) is 9.97 Å². The zero-order chi connectivity index (χ0) is 33.9. The minimum absolute atomic E-state index is 0.00620. The summed E-state index contributed by atoms with van der Waals surface area (Å²) in [7, 11) is 0.134. The van der Waals surface area contributed by atoms with Gasteiger partial charge in [0.05, 0.1) is 27.4 Å². The number of sulfonamides is 1. The normalized spacial score (nSPS) is 10.7. The Bertz CT molecular complexity index is 2020. The molecule has 0 atom stereocenters. The molecule has 1 N–H and O–H groups in total. The first kappa shape index (κ1) is 33.2. The van der Waals surface area contributed by atoms with E-state index < -0.39 is 10.0 Å². The molecule has 0 saturated carbocycles. The van der Waals surface area contributed by atoms with Crippen molar-refractivity contribution in [1.82, 2.24) is 29.9 Å². The Morgan fingerprint density at radius 1 is 0.792 bits per heavy atom. The SMILES string of the molecule is COc1cc(OC)nc(OCC#CCOc2nc(-c3ccncc3)nc(NS(=O)(=O)c3ccc(C)cn3)c2Oc2ccccc2OC)n1. The fourth-order valence-electron chi connectivity index (χ4n) is 3.89. The molecule has 0 aliphatic heterocycles. The molecule has 16 heteroatoms. The predicted octanol–water partition coefficient (Wildman–Crippen LogP) is 4.11. The molecule has 0 radical (unpaired) electrons. The van der Waals surface area contributed by atoms with Crippen LogP contribution in [0.4, 0.5) is 5.82 Å². The van der Waals surface area contributed by atoms with Gasteiger partial charge in [-0.2, -0.15) is 23.4 Å². The van der Waals surface area contributed by atoms with Gasteiger partial charge in [-0.15, -0.1) is 0 Å². The zero-order valence-electron chi connectivity index (χ0n) is 26.2. The molecule has 0 saturated heterocycles. The van der Waals surface area contributed by atoms with Crippen LogP contribution < -0.4 is 33.1 Å². The highest BCUT2D eigenvalue weighted by Gasteiger charge is 2.26. The molecule has 1 aromatic carbocycles. The second-order valence-electron chi connectivity index (χ2n) is 9.46. The van der Waals surface area contributed by atoms with Crippen LogP contribution in [-0.4, -0.2) is 72.9 Å². The van der Waals surface area contributed by atoms with Crippen molar-refractivity contribution in [2.75, 3.05) is 39.3 Å². The molecule has 246 valence electrons. The lowest BCUT2D eigenvalue weighted by Crippen LogP contribution is -2.17. The third kappa shape index (κ3) is 8.33. The van der Waals surface area contributed by atoms with Crippen LogP contribution in [0, 0.1) is 18.8 Å². The molecule has 48 heavy (non-hydrogen) atoms. The Morgan fingerprint density at radius 3 is 2.12 bits per heavy atom. The standard InChI is InChI=1S/C32H29N7O8S/c1-21-11-12-27(34-20-21)48(40,41)39-30-28(47-24-10-6-5-9-23(24)42-2)31(38-29(37-30)22-13-15-33-16-14-22)45-17-7-8-18-46-32-35-25(43-3)19-26(36-32)44-4/h5-6,9-16,19-20H,17-18H2,1-4H3,(H,37,38,39). The summed E-state index contributed by atoms with van der Waals surface area (Å²) in [5.74, 6) is 6.37. The van der Waals surface area contributed by atoms with E-state index in [1.54, 1.807) is 61.8 Å². The van der Waals surface area contributed by atoms with E-state index in [2.05, 4.69) is 46.5 Å². The number of nitrogens with one attached hydrogen (secondary N) is 1. The maximum atomic E-state index is 13.5. The number of benzene rings is 1. The maximum Gasteiger partial charge on any atom is 0.324 e. The lowest BCUT2D eigenvalue weighted by Gasteiger charge is -2.17. The van der Waals surface area contributed by atoms with Crippen molar-refractivity contribution in [2.45, 2.75) is 11.9 Å². The maximum absolute atomic E-state index is 13.5. The largest absolute Gasteiger partial charge is 0.493 e. The van der Waals surface area contributed by atoms with Crippen LogP contribution in [0.5, 0.6) is 40.9 Å². The van der Waals surface area contributed by atoms with Crippen LogP contribution in [0.2, 0.25) is 0 Å². The van der Waals surface area contributed by atoms with E-state index in [0.717, 1.165) is 5.56 Å². The van der Waals surface area contributed by atoms with E-state index in [-0.39, 0.29) is 65.0 Å². The third-order valence-corrected chi connectivity index (χ3v) is 7.46. The summed E-state index contributed by atoms with van der Waals surface area (Å²) in [4.78, 5) is 25.3. The number of rotatable bonds is 13. The summed E-state index contributed by atoms with van der Waals surface area (Å²) in [5, 5.41) is -0.230. The molecular formula is C32H29N7O8S. The van der Waals surface area contributed by atoms with Gasteiger partial charge in [0.25, 0.3) is 15.9 Å². The minimum atomic E-state index is -4.25. The molecule has 15 nitrogen and oxygen atoms in total. The zero-order valence-corrected chi connectivity index (χ0v) is 27.0. The lowest BCUT2D eigenvalue weighted by atomic mass is 10.2. The minimum Gasteiger partial charge on any atom is -0.493 e. The number of methoxy groups -OCH3 is 3. The molecule has 0 aliphatic carbocycles. The fraction of sp³-hybridized carbons (Fsp3) is 0.188. The van der Waals surface area contributed by atoms with Crippen molar-refractivity contribution >= 4 is 15.8 Å². The number of anilines is 1. The Labute approximate surface area is 276 Å². The van der Waals surface area contributed by atoms with Gasteiger partial charge in [-0.3, -0.25) is 9.71 Å². The molecule has 0 amide bonds. The summed E-state index contributed by atoms with van der Waals surface area (Å²) in [6.07, 6.45) is 4.54. The number of pyridine rings is 2. The van der Waals surface area contributed by atoms with Gasteiger partial charge in [-0.1, -0.05) is 30.0 Å². The monoisotopic (exact) mass is 671 g/mol. The first-order valence-corrected chi connectivity index (χ1v) is 15.5. The van der Waals surface area contributed by atoms with Crippen LogP contribution in [0.1, 0.15) is 5.56 Å². The number of nitrogens with zero attached hydrogens (tertiary/aromatic N) is 6. The van der Waals surface area contributed by atoms with Crippen molar-refractivity contribution in [1.29, 1.82) is 0 Å². The van der Waals surface area contributed by atoms with E-state index in [1.165, 1.54) is 39.7 Å². The van der Waals surface area contributed by atoms with Gasteiger partial charge in [0.1, 0.15) is 0 Å². The first-order chi connectivity index (χ1) is 23.3. The molecule has 0 bridgehead atoms. The summed E-state index contributed by atoms with van der Waals surface area (Å²) < 4.78 is 62.8. The molecular weight excluding hydrogens is 642 g/mol. The van der Waals surface area contributed by atoms with Crippen molar-refractivity contribution in [3.63, 3.8) is 0 Å².